The van der Waals surface area contributed by atoms with Gasteiger partial charge in [-0.3, -0.25) is 9.59 Å². The minimum absolute atomic E-state index is 0.0148. The maximum absolute atomic E-state index is 13.0. The van der Waals surface area contributed by atoms with Crippen LogP contribution in [0.15, 0.2) is 47.6 Å². The number of aromatic nitrogens is 3. The second-order valence-electron chi connectivity index (χ2n) is 8.43. The van der Waals surface area contributed by atoms with Crippen LogP contribution in [-0.2, 0) is 10.0 Å². The zero-order valence-corrected chi connectivity index (χ0v) is 19.9. The van der Waals surface area contributed by atoms with Gasteiger partial charge in [0, 0.05) is 12.7 Å². The molecule has 2 amide bonds. The molecule has 2 atom stereocenters. The Morgan fingerprint density at radius 1 is 0.919 bits per heavy atom. The quantitative estimate of drug-likeness (QED) is 0.423. The van der Waals surface area contributed by atoms with Crippen LogP contribution in [0.5, 0.6) is 17.5 Å². The van der Waals surface area contributed by atoms with Crippen molar-refractivity contribution in [3.63, 3.8) is 0 Å². The second kappa shape index (κ2) is 8.97. The molecule has 3 N–H and O–H groups in total. The van der Waals surface area contributed by atoms with Gasteiger partial charge in [0.15, 0.2) is 5.69 Å². The molecule has 2 unspecified atom stereocenters. The molecule has 1 aromatic carbocycles. The lowest BCUT2D eigenvalue weighted by Gasteiger charge is -2.17. The van der Waals surface area contributed by atoms with Crippen molar-refractivity contribution >= 4 is 21.8 Å². The van der Waals surface area contributed by atoms with Gasteiger partial charge in [0.05, 0.1) is 17.9 Å². The fourth-order valence-corrected chi connectivity index (χ4v) is 5.37. The predicted octanol–water partition coefficient (Wildman–Crippen LogP) is 0.269. The summed E-state index contributed by atoms with van der Waals surface area (Å²) in [6, 6.07) is 6.56. The number of carbonyl (C=O) groups excluding carboxylic acids is 2. The summed E-state index contributed by atoms with van der Waals surface area (Å²) >= 11 is 0. The molecule has 13 nitrogen and oxygen atoms in total. The number of nitrogens with zero attached hydrogens (tertiary/aromatic N) is 3. The van der Waals surface area contributed by atoms with Crippen molar-refractivity contribution in [2.24, 2.45) is 0 Å². The first-order valence-electron chi connectivity index (χ1n) is 11.3. The number of fused-ring (bicyclic) bond motifs is 3. The lowest BCUT2D eigenvalue weighted by Crippen LogP contribution is -2.31. The molecule has 3 aliphatic rings. The summed E-state index contributed by atoms with van der Waals surface area (Å²) < 4.78 is 44.6. The molecule has 3 aliphatic heterocycles. The molecular formula is C23H20N6O7S. The Balaban J connectivity index is 1.25. The number of pyridine rings is 1. The molecule has 5 heterocycles. The Bertz CT molecular complexity index is 1530. The molecule has 14 heteroatoms. The first-order chi connectivity index (χ1) is 17.9. The Hall–Kier alpha value is -4.30. The molecule has 0 saturated heterocycles. The number of sulfonamides is 1. The fraction of sp³-hybridized carbons (Fsp3) is 0.261. The maximum atomic E-state index is 13.0. The van der Waals surface area contributed by atoms with E-state index in [9.17, 15) is 18.0 Å². The van der Waals surface area contributed by atoms with E-state index in [-0.39, 0.29) is 60.4 Å². The van der Waals surface area contributed by atoms with Crippen LogP contribution >= 0.6 is 0 Å². The minimum atomic E-state index is -3.77. The highest BCUT2D eigenvalue weighted by atomic mass is 32.2. The van der Waals surface area contributed by atoms with Crippen molar-refractivity contribution < 1.29 is 32.2 Å². The number of ether oxygens (including phenoxy) is 3. The topological polar surface area (TPSA) is 171 Å². The summed E-state index contributed by atoms with van der Waals surface area (Å²) in [6.45, 7) is 0.378. The van der Waals surface area contributed by atoms with E-state index in [2.05, 4.69) is 30.3 Å². The molecule has 3 aromatic rings. The number of hydrogen-bond donors (Lipinski definition) is 3. The SMILES string of the molecule is O=C1NC(c2cnc3c(n2)OCC(c2ccc4c(c2)S(=O)(=O)NCCO4)NC3=O)COc2ncccc21. The highest BCUT2D eigenvalue weighted by Gasteiger charge is 2.31. The van der Waals surface area contributed by atoms with Crippen LogP contribution in [0.1, 0.15) is 44.2 Å². The fourth-order valence-electron chi connectivity index (χ4n) is 4.18. The Kier molecular flexibility index (Phi) is 5.61. The van der Waals surface area contributed by atoms with Crippen LogP contribution in [-0.4, -0.2) is 61.5 Å². The summed E-state index contributed by atoms with van der Waals surface area (Å²) in [4.78, 5) is 38.3. The number of nitrogens with one attached hydrogen (secondary N) is 3. The third-order valence-electron chi connectivity index (χ3n) is 6.04. The normalized spacial score (nSPS) is 22.1. The molecule has 2 aromatic heterocycles. The van der Waals surface area contributed by atoms with Crippen LogP contribution in [0.25, 0.3) is 0 Å². The number of benzene rings is 1. The lowest BCUT2D eigenvalue weighted by atomic mass is 10.1. The molecular weight excluding hydrogens is 504 g/mol. The third-order valence-corrected chi connectivity index (χ3v) is 7.52. The summed E-state index contributed by atoms with van der Waals surface area (Å²) in [5.41, 5.74) is 1.11. The highest BCUT2D eigenvalue weighted by Crippen LogP contribution is 2.31. The van der Waals surface area contributed by atoms with E-state index >= 15 is 0 Å². The van der Waals surface area contributed by atoms with Crippen molar-refractivity contribution in [3.05, 3.63) is 65.2 Å². The summed E-state index contributed by atoms with van der Waals surface area (Å²) in [6.07, 6.45) is 2.90. The Morgan fingerprint density at radius 3 is 2.62 bits per heavy atom. The van der Waals surface area contributed by atoms with E-state index in [1.54, 1.807) is 24.3 Å². The van der Waals surface area contributed by atoms with Crippen molar-refractivity contribution in [2.75, 3.05) is 26.4 Å². The first kappa shape index (κ1) is 23.1. The van der Waals surface area contributed by atoms with Gasteiger partial charge in [-0.25, -0.2) is 28.1 Å². The number of rotatable bonds is 2. The van der Waals surface area contributed by atoms with Gasteiger partial charge in [-0.1, -0.05) is 6.07 Å². The second-order valence-corrected chi connectivity index (χ2v) is 10.2. The van der Waals surface area contributed by atoms with Gasteiger partial charge < -0.3 is 24.8 Å². The van der Waals surface area contributed by atoms with E-state index in [4.69, 9.17) is 14.2 Å². The zero-order chi connectivity index (χ0) is 25.6. The molecule has 190 valence electrons. The van der Waals surface area contributed by atoms with Crippen molar-refractivity contribution in [3.8, 4) is 17.5 Å². The van der Waals surface area contributed by atoms with Crippen molar-refractivity contribution in [1.29, 1.82) is 0 Å². The predicted molar refractivity (Wildman–Crippen MR) is 125 cm³/mol. The smallest absolute Gasteiger partial charge is 0.276 e. The van der Waals surface area contributed by atoms with Gasteiger partial charge in [0.2, 0.25) is 21.8 Å². The Labute approximate surface area is 210 Å². The zero-order valence-electron chi connectivity index (χ0n) is 19.1. The molecule has 0 aliphatic carbocycles. The number of hydrogen-bond acceptors (Lipinski definition) is 10. The first-order valence-corrected chi connectivity index (χ1v) is 12.8. The maximum Gasteiger partial charge on any atom is 0.276 e. The average Bonchev–Trinajstić information content (AvgIpc) is 3.25. The van der Waals surface area contributed by atoms with Gasteiger partial charge in [-0.2, -0.15) is 0 Å². The summed E-state index contributed by atoms with van der Waals surface area (Å²) in [5, 5.41) is 5.63. The number of amides is 2. The van der Waals surface area contributed by atoms with Crippen molar-refractivity contribution in [2.45, 2.75) is 17.0 Å². The molecule has 0 bridgehead atoms. The minimum Gasteiger partial charge on any atom is -0.491 e. The third kappa shape index (κ3) is 4.29. The standard InChI is InChI=1S/C23H20N6O7S/c30-20-13-2-1-5-24-22(13)35-11-16(28-20)14-9-25-19-21(31)27-15(10-36-23(19)29-14)12-3-4-17-18(8-12)37(32,33)26-6-7-34-17/h1-5,8-9,15-16,26H,6-7,10-11H2,(H,27,31)(H,28,30). The van der Waals surface area contributed by atoms with Crippen LogP contribution in [0.2, 0.25) is 0 Å². The van der Waals surface area contributed by atoms with E-state index in [0.717, 1.165) is 0 Å². The van der Waals surface area contributed by atoms with E-state index < -0.39 is 28.0 Å². The Morgan fingerprint density at radius 2 is 1.73 bits per heavy atom. The molecule has 6 rings (SSSR count). The van der Waals surface area contributed by atoms with Gasteiger partial charge >= 0.3 is 0 Å². The van der Waals surface area contributed by atoms with Crippen LogP contribution in [0.3, 0.4) is 0 Å². The monoisotopic (exact) mass is 524 g/mol. The number of carbonyl (C=O) groups is 2. The van der Waals surface area contributed by atoms with E-state index in [1.165, 1.54) is 18.5 Å². The molecule has 0 saturated carbocycles. The highest BCUT2D eigenvalue weighted by molar-refractivity contribution is 7.89. The van der Waals surface area contributed by atoms with Gasteiger partial charge in [-0.05, 0) is 29.8 Å². The molecule has 37 heavy (non-hydrogen) atoms. The van der Waals surface area contributed by atoms with Gasteiger partial charge in [0.25, 0.3) is 11.8 Å². The average molecular weight is 525 g/mol. The van der Waals surface area contributed by atoms with Crippen molar-refractivity contribution in [1.82, 2.24) is 30.3 Å². The summed E-state index contributed by atoms with van der Waals surface area (Å²) in [5.74, 6) is -0.485. The molecule has 0 radical (unpaired) electrons. The van der Waals surface area contributed by atoms with Crippen LogP contribution in [0, 0.1) is 0 Å². The lowest BCUT2D eigenvalue weighted by molar-refractivity contribution is 0.0925. The summed E-state index contributed by atoms with van der Waals surface area (Å²) in [7, 11) is -3.77. The van der Waals surface area contributed by atoms with Crippen LogP contribution in [0.4, 0.5) is 0 Å². The van der Waals surface area contributed by atoms with Crippen LogP contribution < -0.4 is 29.6 Å². The largest absolute Gasteiger partial charge is 0.491 e. The van der Waals surface area contributed by atoms with Gasteiger partial charge in [-0.15, -0.1) is 0 Å². The van der Waals surface area contributed by atoms with E-state index in [0.29, 0.717) is 16.8 Å². The van der Waals surface area contributed by atoms with E-state index in [1.807, 2.05) is 0 Å². The molecule has 0 fully saturated rings. The van der Waals surface area contributed by atoms with Gasteiger partial charge in [0.1, 0.15) is 42.1 Å². The molecule has 0 spiro atoms.